The van der Waals surface area contributed by atoms with E-state index in [-0.39, 0.29) is 24.0 Å². The first-order valence-electron chi connectivity index (χ1n) is 4.15. The van der Waals surface area contributed by atoms with Gasteiger partial charge in [0.25, 0.3) is 0 Å². The first-order chi connectivity index (χ1) is 6.65. The highest BCUT2D eigenvalue weighted by atomic mass is 127. The Morgan fingerprint density at radius 1 is 1.13 bits per heavy atom. The molecule has 0 unspecified atom stereocenters. The second-order valence-corrected chi connectivity index (χ2v) is 4.95. The predicted octanol–water partition coefficient (Wildman–Crippen LogP) is -0.169. The molecule has 0 atom stereocenters. The molecule has 2 aromatic rings. The van der Waals surface area contributed by atoms with E-state index < -0.39 is 0 Å². The van der Waals surface area contributed by atoms with Gasteiger partial charge in [-0.05, 0) is 18.2 Å². The number of hydrogen-bond acceptors (Lipinski definition) is 0. The van der Waals surface area contributed by atoms with Crippen molar-refractivity contribution < 1.29 is 28.5 Å². The molecule has 1 aromatic heterocycles. The third-order valence-corrected chi connectivity index (χ3v) is 2.83. The number of aryl methyl sites for hydroxylation is 1. The number of nitrogens with zero attached hydrogens (tertiary/aromatic N) is 2. The standard InChI is InChI=1S/C10H9Br2N2.HI/c1-13-2-3-14(7-13)10-5-8(11)4-9(12)6-10;/h2-7H,1H3;1H/q+1;/p-1. The molecule has 0 aliphatic carbocycles. The summed E-state index contributed by atoms with van der Waals surface area (Å²) in [6.45, 7) is 0. The van der Waals surface area contributed by atoms with Gasteiger partial charge in [0.2, 0.25) is 6.33 Å². The summed E-state index contributed by atoms with van der Waals surface area (Å²) in [7, 11) is 2.00. The molecule has 0 spiro atoms. The van der Waals surface area contributed by atoms with E-state index in [9.17, 15) is 0 Å². The zero-order valence-corrected chi connectivity index (χ0v) is 13.3. The molecule has 0 aliphatic rings. The molecular weight excluding hydrogens is 435 g/mol. The number of halogens is 3. The Morgan fingerprint density at radius 3 is 2.20 bits per heavy atom. The molecule has 0 aliphatic heterocycles. The van der Waals surface area contributed by atoms with Gasteiger partial charge in [-0.2, -0.15) is 0 Å². The van der Waals surface area contributed by atoms with Crippen molar-refractivity contribution in [3.8, 4) is 5.69 Å². The van der Waals surface area contributed by atoms with Gasteiger partial charge in [0.15, 0.2) is 0 Å². The second kappa shape index (κ2) is 5.45. The fourth-order valence-corrected chi connectivity index (χ4v) is 2.56. The third kappa shape index (κ3) is 3.29. The number of benzene rings is 1. The molecule has 0 radical (unpaired) electrons. The van der Waals surface area contributed by atoms with Crippen LogP contribution in [0, 0.1) is 0 Å². The van der Waals surface area contributed by atoms with Crippen molar-refractivity contribution in [1.82, 2.24) is 4.57 Å². The maximum atomic E-state index is 3.47. The van der Waals surface area contributed by atoms with E-state index >= 15 is 0 Å². The average Bonchev–Trinajstić information content (AvgIpc) is 2.50. The largest absolute Gasteiger partial charge is 1.00 e. The van der Waals surface area contributed by atoms with Crippen molar-refractivity contribution in [2.45, 2.75) is 0 Å². The molecule has 1 aromatic carbocycles. The number of rotatable bonds is 1. The Balaban J connectivity index is 0.00000112. The van der Waals surface area contributed by atoms with E-state index in [2.05, 4.69) is 48.6 Å². The lowest BCUT2D eigenvalue weighted by atomic mass is 10.3. The zero-order chi connectivity index (χ0) is 10.1. The van der Waals surface area contributed by atoms with Crippen molar-refractivity contribution in [3.05, 3.63) is 45.9 Å². The van der Waals surface area contributed by atoms with Gasteiger partial charge in [-0.25, -0.2) is 9.13 Å². The van der Waals surface area contributed by atoms with Crippen LogP contribution < -0.4 is 28.5 Å². The van der Waals surface area contributed by atoms with Crippen LogP contribution in [-0.4, -0.2) is 4.57 Å². The highest BCUT2D eigenvalue weighted by molar-refractivity contribution is 9.11. The van der Waals surface area contributed by atoms with Gasteiger partial charge >= 0.3 is 0 Å². The van der Waals surface area contributed by atoms with E-state index in [1.165, 1.54) is 0 Å². The van der Waals surface area contributed by atoms with Crippen molar-refractivity contribution in [3.63, 3.8) is 0 Å². The minimum atomic E-state index is 0. The van der Waals surface area contributed by atoms with Crippen LogP contribution in [0.5, 0.6) is 0 Å². The van der Waals surface area contributed by atoms with Crippen LogP contribution >= 0.6 is 31.9 Å². The van der Waals surface area contributed by atoms with Gasteiger partial charge in [-0.15, -0.1) is 0 Å². The fourth-order valence-electron chi connectivity index (χ4n) is 1.29. The maximum absolute atomic E-state index is 3.47. The summed E-state index contributed by atoms with van der Waals surface area (Å²) in [6, 6.07) is 6.17. The molecule has 80 valence electrons. The summed E-state index contributed by atoms with van der Waals surface area (Å²) < 4.78 is 6.21. The summed E-state index contributed by atoms with van der Waals surface area (Å²) in [5.74, 6) is 0. The lowest BCUT2D eigenvalue weighted by Crippen LogP contribution is -3.00. The highest BCUT2D eigenvalue weighted by Gasteiger charge is 2.05. The molecule has 2 rings (SSSR count). The molecule has 15 heavy (non-hydrogen) atoms. The van der Waals surface area contributed by atoms with E-state index in [0.29, 0.717) is 0 Å². The Morgan fingerprint density at radius 2 is 1.73 bits per heavy atom. The van der Waals surface area contributed by atoms with Crippen LogP contribution in [0.15, 0.2) is 45.9 Å². The van der Waals surface area contributed by atoms with Crippen LogP contribution in [0.4, 0.5) is 0 Å². The lowest BCUT2D eigenvalue weighted by molar-refractivity contribution is -0.670. The number of hydrogen-bond donors (Lipinski definition) is 0. The van der Waals surface area contributed by atoms with E-state index in [1.807, 2.05) is 36.4 Å². The van der Waals surface area contributed by atoms with Crippen molar-refractivity contribution in [1.29, 1.82) is 0 Å². The first-order valence-corrected chi connectivity index (χ1v) is 5.73. The molecule has 0 fully saturated rings. The van der Waals surface area contributed by atoms with Crippen LogP contribution in [-0.2, 0) is 7.05 Å². The molecule has 5 heteroatoms. The average molecular weight is 444 g/mol. The van der Waals surface area contributed by atoms with Crippen molar-refractivity contribution in [2.75, 3.05) is 0 Å². The van der Waals surface area contributed by atoms with Crippen LogP contribution in [0.25, 0.3) is 5.69 Å². The predicted molar refractivity (Wildman–Crippen MR) is 62.3 cm³/mol. The molecule has 0 saturated carbocycles. The third-order valence-electron chi connectivity index (χ3n) is 1.91. The van der Waals surface area contributed by atoms with Crippen LogP contribution in [0.3, 0.4) is 0 Å². The fraction of sp³-hybridized carbons (Fsp3) is 0.100. The monoisotopic (exact) mass is 442 g/mol. The molecule has 1 heterocycles. The second-order valence-electron chi connectivity index (χ2n) is 3.11. The Labute approximate surface area is 123 Å². The Bertz CT molecular complexity index is 448. The van der Waals surface area contributed by atoms with E-state index in [4.69, 9.17) is 0 Å². The zero-order valence-electron chi connectivity index (χ0n) is 7.99. The minimum absolute atomic E-state index is 0. The summed E-state index contributed by atoms with van der Waals surface area (Å²) in [5.41, 5.74) is 1.13. The number of aromatic nitrogens is 2. The summed E-state index contributed by atoms with van der Waals surface area (Å²) in [6.07, 6.45) is 6.05. The normalized spacial score (nSPS) is 9.80. The van der Waals surface area contributed by atoms with Crippen molar-refractivity contribution >= 4 is 31.9 Å². The van der Waals surface area contributed by atoms with Gasteiger partial charge in [0, 0.05) is 8.95 Å². The SMILES string of the molecule is C[n+]1ccn(-c2cc(Br)cc(Br)c2)c1.[I-]. The maximum Gasteiger partial charge on any atom is 0.248 e. The highest BCUT2D eigenvalue weighted by Crippen LogP contribution is 2.22. The van der Waals surface area contributed by atoms with Gasteiger partial charge < -0.3 is 24.0 Å². The minimum Gasteiger partial charge on any atom is -1.00 e. The van der Waals surface area contributed by atoms with Gasteiger partial charge in [-0.1, -0.05) is 31.9 Å². The molecule has 0 N–H and O–H groups in total. The topological polar surface area (TPSA) is 8.81 Å². The molecule has 0 saturated heterocycles. The lowest BCUT2D eigenvalue weighted by Gasteiger charge is -1.98. The quantitative estimate of drug-likeness (QED) is 0.427. The van der Waals surface area contributed by atoms with Gasteiger partial charge in [-0.3, -0.25) is 0 Å². The summed E-state index contributed by atoms with van der Waals surface area (Å²) >= 11 is 6.93. The van der Waals surface area contributed by atoms with Gasteiger partial charge in [0.1, 0.15) is 18.1 Å². The van der Waals surface area contributed by atoms with E-state index in [1.54, 1.807) is 0 Å². The van der Waals surface area contributed by atoms with Crippen molar-refractivity contribution in [2.24, 2.45) is 7.05 Å². The summed E-state index contributed by atoms with van der Waals surface area (Å²) in [5, 5.41) is 0. The molecule has 0 bridgehead atoms. The Hall–Kier alpha value is 0.120. The van der Waals surface area contributed by atoms with Crippen LogP contribution in [0.2, 0.25) is 0 Å². The summed E-state index contributed by atoms with van der Waals surface area (Å²) in [4.78, 5) is 0. The Kier molecular flexibility index (Phi) is 4.79. The van der Waals surface area contributed by atoms with Crippen LogP contribution in [0.1, 0.15) is 0 Å². The molecule has 0 amide bonds. The van der Waals surface area contributed by atoms with E-state index in [0.717, 1.165) is 14.6 Å². The van der Waals surface area contributed by atoms with Gasteiger partial charge in [0.05, 0.1) is 7.05 Å². The molecular formula is C10H9Br2IN2. The number of imidazole rings is 1. The smallest absolute Gasteiger partial charge is 0.248 e. The molecule has 2 nitrogen and oxygen atoms in total. The first kappa shape index (κ1) is 13.2.